The van der Waals surface area contributed by atoms with Crippen LogP contribution in [0.4, 0.5) is 0 Å². The molecule has 0 saturated heterocycles. The molecule has 0 radical (unpaired) electrons. The number of carboxylic acid groups (broad SMARTS) is 1. The molecule has 1 heterocycles. The fourth-order valence-electron chi connectivity index (χ4n) is 0.580. The van der Waals surface area contributed by atoms with Gasteiger partial charge in [-0.2, -0.15) is 0 Å². The summed E-state index contributed by atoms with van der Waals surface area (Å²) in [5.74, 6) is -0.835. The van der Waals surface area contributed by atoms with Gasteiger partial charge in [-0.15, -0.1) is 0 Å². The van der Waals surface area contributed by atoms with Crippen molar-refractivity contribution in [2.45, 2.75) is 17.2 Å². The Morgan fingerprint density at radius 3 is 3.00 bits per heavy atom. The molecule has 0 fully saturated rings. The van der Waals surface area contributed by atoms with Crippen LogP contribution in [0.5, 0.6) is 0 Å². The van der Waals surface area contributed by atoms with Crippen molar-refractivity contribution < 1.29 is 9.90 Å². The summed E-state index contributed by atoms with van der Waals surface area (Å²) in [6.45, 7) is 1.62. The Kier molecular flexibility index (Phi) is 3.04. The van der Waals surface area contributed by atoms with E-state index < -0.39 is 11.2 Å². The third-order valence-electron chi connectivity index (χ3n) is 1.20. The van der Waals surface area contributed by atoms with Gasteiger partial charge < -0.3 is 5.11 Å². The maximum atomic E-state index is 10.4. The van der Waals surface area contributed by atoms with Gasteiger partial charge in [-0.1, -0.05) is 11.8 Å². The van der Waals surface area contributed by atoms with Crippen LogP contribution in [0.2, 0.25) is 0 Å². The molecule has 0 aliphatic heterocycles. The molecule has 12 heavy (non-hydrogen) atoms. The van der Waals surface area contributed by atoms with E-state index in [4.69, 9.17) is 5.11 Å². The van der Waals surface area contributed by atoms with E-state index in [0.29, 0.717) is 5.03 Å². The number of nitrogens with zero attached hydrogens (tertiary/aromatic N) is 2. The lowest BCUT2D eigenvalue weighted by Crippen LogP contribution is -2.11. The number of hydrogen-bond acceptors (Lipinski definition) is 4. The van der Waals surface area contributed by atoms with Crippen LogP contribution >= 0.6 is 11.8 Å². The topological polar surface area (TPSA) is 63.1 Å². The molecule has 0 bridgehead atoms. The second-order valence-electron chi connectivity index (χ2n) is 2.15. The molecule has 0 spiro atoms. The Labute approximate surface area is 74.0 Å². The number of carboxylic acids is 1. The van der Waals surface area contributed by atoms with E-state index in [2.05, 4.69) is 9.97 Å². The molecule has 0 aliphatic carbocycles. The van der Waals surface area contributed by atoms with E-state index in [9.17, 15) is 4.79 Å². The largest absolute Gasteiger partial charge is 0.480 e. The zero-order chi connectivity index (χ0) is 8.97. The van der Waals surface area contributed by atoms with E-state index in [1.807, 2.05) is 0 Å². The normalized spacial score (nSPS) is 12.4. The van der Waals surface area contributed by atoms with Gasteiger partial charge in [0, 0.05) is 6.20 Å². The second kappa shape index (κ2) is 4.06. The minimum atomic E-state index is -0.835. The first-order chi connectivity index (χ1) is 5.70. The van der Waals surface area contributed by atoms with Gasteiger partial charge in [0.2, 0.25) is 0 Å². The smallest absolute Gasteiger partial charge is 0.316 e. The predicted molar refractivity (Wildman–Crippen MR) is 45.0 cm³/mol. The van der Waals surface area contributed by atoms with Gasteiger partial charge in [-0.25, -0.2) is 9.97 Å². The van der Waals surface area contributed by atoms with Crippen molar-refractivity contribution in [3.63, 3.8) is 0 Å². The molecule has 1 aromatic rings. The van der Waals surface area contributed by atoms with E-state index in [-0.39, 0.29) is 0 Å². The van der Waals surface area contributed by atoms with Gasteiger partial charge in [0.05, 0.1) is 0 Å². The molecule has 5 heteroatoms. The lowest BCUT2D eigenvalue weighted by molar-refractivity contribution is -0.136. The van der Waals surface area contributed by atoms with Crippen LogP contribution in [-0.4, -0.2) is 26.3 Å². The van der Waals surface area contributed by atoms with Crippen molar-refractivity contribution in [3.05, 3.63) is 18.6 Å². The molecule has 1 aromatic heterocycles. The molecule has 4 nitrogen and oxygen atoms in total. The van der Waals surface area contributed by atoms with Crippen LogP contribution in [-0.2, 0) is 4.79 Å². The molecule has 1 N–H and O–H groups in total. The number of carbonyl (C=O) groups is 1. The molecule has 1 rings (SSSR count). The summed E-state index contributed by atoms with van der Waals surface area (Å²) < 4.78 is 0. The van der Waals surface area contributed by atoms with Crippen molar-refractivity contribution in [2.24, 2.45) is 0 Å². The highest BCUT2D eigenvalue weighted by molar-refractivity contribution is 8.00. The summed E-state index contributed by atoms with van der Waals surface area (Å²) in [7, 11) is 0. The summed E-state index contributed by atoms with van der Waals surface area (Å²) in [5.41, 5.74) is 0. The third kappa shape index (κ3) is 2.50. The standard InChI is InChI=1S/C7H8N2O2S/c1-5(7(10)11)12-6-2-3-8-4-9-6/h2-5H,1H3,(H,10,11). The highest BCUT2D eigenvalue weighted by Gasteiger charge is 2.12. The molecule has 1 unspecified atom stereocenters. The molecular weight excluding hydrogens is 176 g/mol. The van der Waals surface area contributed by atoms with Crippen molar-refractivity contribution in [1.82, 2.24) is 9.97 Å². The first-order valence-electron chi connectivity index (χ1n) is 3.35. The van der Waals surface area contributed by atoms with Crippen molar-refractivity contribution in [3.8, 4) is 0 Å². The lowest BCUT2D eigenvalue weighted by atomic mass is 10.5. The highest BCUT2D eigenvalue weighted by Crippen LogP contribution is 2.19. The number of aromatic nitrogens is 2. The Balaban J connectivity index is 2.58. The molecule has 0 saturated carbocycles. The minimum absolute atomic E-state index is 0.472. The Morgan fingerprint density at radius 2 is 2.50 bits per heavy atom. The van der Waals surface area contributed by atoms with Gasteiger partial charge in [0.25, 0.3) is 0 Å². The maximum absolute atomic E-state index is 10.4. The average Bonchev–Trinajstić information content (AvgIpc) is 2.06. The third-order valence-corrected chi connectivity index (χ3v) is 2.24. The zero-order valence-electron chi connectivity index (χ0n) is 6.47. The lowest BCUT2D eigenvalue weighted by Gasteiger charge is -2.03. The van der Waals surface area contributed by atoms with Crippen LogP contribution in [0.25, 0.3) is 0 Å². The van der Waals surface area contributed by atoms with Gasteiger partial charge >= 0.3 is 5.97 Å². The molecule has 0 aliphatic rings. The fraction of sp³-hybridized carbons (Fsp3) is 0.286. The quantitative estimate of drug-likeness (QED) is 0.561. The van der Waals surface area contributed by atoms with Crippen LogP contribution in [0.1, 0.15) is 6.92 Å². The Morgan fingerprint density at radius 1 is 1.75 bits per heavy atom. The van der Waals surface area contributed by atoms with Gasteiger partial charge in [-0.05, 0) is 13.0 Å². The first-order valence-corrected chi connectivity index (χ1v) is 4.23. The predicted octanol–water partition coefficient (Wildman–Crippen LogP) is 1.04. The van der Waals surface area contributed by atoms with Gasteiger partial charge in [0.15, 0.2) is 0 Å². The molecular formula is C7H8N2O2S. The van der Waals surface area contributed by atoms with Crippen molar-refractivity contribution in [2.75, 3.05) is 0 Å². The SMILES string of the molecule is CC(Sc1ccncn1)C(=O)O. The fourth-order valence-corrected chi connectivity index (χ4v) is 1.29. The maximum Gasteiger partial charge on any atom is 0.316 e. The van der Waals surface area contributed by atoms with E-state index in [0.717, 1.165) is 0 Å². The Bertz CT molecular complexity index is 265. The second-order valence-corrected chi connectivity index (χ2v) is 3.51. The van der Waals surface area contributed by atoms with Crippen LogP contribution in [0.15, 0.2) is 23.6 Å². The summed E-state index contributed by atoms with van der Waals surface area (Å²) in [6.07, 6.45) is 2.99. The number of rotatable bonds is 3. The molecule has 1 atom stereocenters. The first kappa shape index (κ1) is 8.99. The summed E-state index contributed by atoms with van der Waals surface area (Å²) in [5, 5.41) is 8.79. The molecule has 0 aromatic carbocycles. The zero-order valence-corrected chi connectivity index (χ0v) is 7.28. The minimum Gasteiger partial charge on any atom is -0.480 e. The molecule has 0 amide bonds. The van der Waals surface area contributed by atoms with E-state index in [1.54, 1.807) is 19.2 Å². The Hall–Kier alpha value is -1.10. The van der Waals surface area contributed by atoms with Crippen molar-refractivity contribution in [1.29, 1.82) is 0 Å². The summed E-state index contributed by atoms with van der Waals surface area (Å²) >= 11 is 1.20. The number of thioether (sulfide) groups is 1. The van der Waals surface area contributed by atoms with Gasteiger partial charge in [-0.3, -0.25) is 4.79 Å². The number of hydrogen-bond donors (Lipinski definition) is 1. The highest BCUT2D eigenvalue weighted by atomic mass is 32.2. The van der Waals surface area contributed by atoms with Crippen LogP contribution in [0.3, 0.4) is 0 Å². The number of aliphatic carboxylic acids is 1. The van der Waals surface area contributed by atoms with E-state index >= 15 is 0 Å². The van der Waals surface area contributed by atoms with Crippen LogP contribution in [0, 0.1) is 0 Å². The van der Waals surface area contributed by atoms with Crippen molar-refractivity contribution >= 4 is 17.7 Å². The summed E-state index contributed by atoms with van der Waals surface area (Å²) in [4.78, 5) is 18.1. The van der Waals surface area contributed by atoms with Gasteiger partial charge in [0.1, 0.15) is 16.6 Å². The van der Waals surface area contributed by atoms with Crippen LogP contribution < -0.4 is 0 Å². The monoisotopic (exact) mass is 184 g/mol. The van der Waals surface area contributed by atoms with E-state index in [1.165, 1.54) is 18.1 Å². The average molecular weight is 184 g/mol. The summed E-state index contributed by atoms with van der Waals surface area (Å²) in [6, 6.07) is 1.68. The molecule has 64 valence electrons.